The fraction of sp³-hybridized carbons (Fsp3) is 0.121. The van der Waals surface area contributed by atoms with E-state index in [0.717, 1.165) is 79.0 Å². The van der Waals surface area contributed by atoms with Crippen molar-refractivity contribution in [2.24, 2.45) is 28.2 Å². The van der Waals surface area contributed by atoms with Gasteiger partial charge >= 0.3 is 27.4 Å². The second-order valence-electron chi connectivity index (χ2n) is 28.9. The SMILES string of the molecule is CB1c2c(oc3ncccc23)C=CN1c1cc(-c2ccccc2)c(C)c[n+]1C.CB1c2c(oc3ncccc23)C=CN1c1cc(-c2ccccc2)cc[n+]1C.CB1c2c(oc3ncccc23)C=CN1c1cc(C)c(-c2ccccc2)c[n+]1C.CB1c2oc3nc(C)ccc3c2C=CN1c1cc(-c2ccccc2)cc[n+]1C. The topological polar surface area (TPSA) is 133 Å². The van der Waals surface area contributed by atoms with Crippen molar-refractivity contribution in [1.82, 2.24) is 19.9 Å². The number of rotatable bonds is 8. The molecule has 0 aliphatic carbocycles. The summed E-state index contributed by atoms with van der Waals surface area (Å²) >= 11 is 0. The van der Waals surface area contributed by atoms with Crippen molar-refractivity contribution in [2.45, 2.75) is 48.1 Å². The van der Waals surface area contributed by atoms with E-state index < -0.39 is 0 Å². The van der Waals surface area contributed by atoms with Gasteiger partial charge in [0.15, 0.2) is 0 Å². The van der Waals surface area contributed by atoms with Crippen LogP contribution in [0.4, 0.5) is 23.3 Å². The molecule has 0 N–H and O–H groups in total. The van der Waals surface area contributed by atoms with Crippen LogP contribution in [0.15, 0.2) is 292 Å². The van der Waals surface area contributed by atoms with Crippen LogP contribution in [0.3, 0.4) is 0 Å². The summed E-state index contributed by atoms with van der Waals surface area (Å²) in [5.41, 5.74) is 21.7. The molecule has 4 aromatic carbocycles. The number of nitrogens with zero attached hydrogens (tertiary/aromatic N) is 12. The average Bonchev–Trinajstić information content (AvgIpc) is 1.67. The second-order valence-corrected chi connectivity index (χ2v) is 28.9. The first-order valence-corrected chi connectivity index (χ1v) is 37.7. The quantitative estimate of drug-likeness (QED) is 0.106. The van der Waals surface area contributed by atoms with Gasteiger partial charge in [0.05, 0.1) is 77.8 Å². The molecule has 4 aliphatic heterocycles. The number of aryl methyl sites for hydroxylation is 7. The monoisotopic (exact) mass is 1450 g/mol. The number of aromatic nitrogens is 8. The Hall–Kier alpha value is -13.3. The molecule has 16 aromatic rings. The lowest BCUT2D eigenvalue weighted by Crippen LogP contribution is -2.50. The first-order chi connectivity index (χ1) is 54.1. The number of benzene rings is 4. The molecule has 4 aliphatic rings. The molecular formula is C91H82B4N12O4+4. The molecule has 111 heavy (non-hydrogen) atoms. The summed E-state index contributed by atoms with van der Waals surface area (Å²) in [5.74, 6) is 7.22. The summed E-state index contributed by atoms with van der Waals surface area (Å²) in [6.07, 6.45) is 30.6. The van der Waals surface area contributed by atoms with Gasteiger partial charge in [0, 0.05) is 116 Å². The van der Waals surface area contributed by atoms with Gasteiger partial charge in [0.25, 0.3) is 23.3 Å². The summed E-state index contributed by atoms with van der Waals surface area (Å²) in [4.78, 5) is 26.8. The van der Waals surface area contributed by atoms with E-state index in [1.165, 1.54) is 72.0 Å². The van der Waals surface area contributed by atoms with E-state index in [4.69, 9.17) is 17.7 Å². The Morgan fingerprint density at radius 1 is 0.324 bits per heavy atom. The fourth-order valence-corrected chi connectivity index (χ4v) is 16.0. The van der Waals surface area contributed by atoms with Gasteiger partial charge in [-0.2, -0.15) is 0 Å². The van der Waals surface area contributed by atoms with Crippen LogP contribution in [-0.4, -0.2) is 47.3 Å². The van der Waals surface area contributed by atoms with E-state index in [2.05, 4.69) is 352 Å². The predicted octanol–water partition coefficient (Wildman–Crippen LogP) is 15.5. The fourth-order valence-electron chi connectivity index (χ4n) is 16.0. The minimum atomic E-state index is 0.0757. The third kappa shape index (κ3) is 13.4. The van der Waals surface area contributed by atoms with Gasteiger partial charge in [-0.3, -0.25) is 19.2 Å². The van der Waals surface area contributed by atoms with Crippen molar-refractivity contribution >= 4 is 141 Å². The van der Waals surface area contributed by atoms with Crippen molar-refractivity contribution in [3.8, 4) is 44.5 Å². The maximum absolute atomic E-state index is 6.18. The van der Waals surface area contributed by atoms with Crippen molar-refractivity contribution in [1.29, 1.82) is 0 Å². The van der Waals surface area contributed by atoms with Gasteiger partial charge in [-0.25, -0.2) is 38.2 Å². The maximum Gasteiger partial charge on any atom is 0.447 e. The normalized spacial score (nSPS) is 13.3. The highest BCUT2D eigenvalue weighted by molar-refractivity contribution is 6.80. The molecule has 0 saturated heterocycles. The van der Waals surface area contributed by atoms with Crippen molar-refractivity contribution in [2.75, 3.05) is 19.2 Å². The lowest BCUT2D eigenvalue weighted by atomic mass is 9.54. The van der Waals surface area contributed by atoms with Crippen molar-refractivity contribution in [3.05, 3.63) is 314 Å². The molecule has 0 bridgehead atoms. The number of hydrogen-bond donors (Lipinski definition) is 0. The zero-order valence-corrected chi connectivity index (χ0v) is 64.1. The molecule has 0 unspecified atom stereocenters. The van der Waals surface area contributed by atoms with Crippen LogP contribution in [0, 0.1) is 20.8 Å². The van der Waals surface area contributed by atoms with E-state index >= 15 is 0 Å². The Labute approximate surface area is 647 Å². The van der Waals surface area contributed by atoms with Crippen LogP contribution < -0.4 is 59.6 Å². The van der Waals surface area contributed by atoms with Gasteiger partial charge in [0.1, 0.15) is 22.9 Å². The Kier molecular flexibility index (Phi) is 18.9. The lowest BCUT2D eigenvalue weighted by Gasteiger charge is -2.23. The lowest BCUT2D eigenvalue weighted by molar-refractivity contribution is -0.658. The number of hydrogen-bond acceptors (Lipinski definition) is 12. The van der Waals surface area contributed by atoms with E-state index in [1.54, 1.807) is 18.6 Å². The molecule has 0 fully saturated rings. The summed E-state index contributed by atoms with van der Waals surface area (Å²) in [6.45, 7) is 15.6. The summed E-state index contributed by atoms with van der Waals surface area (Å²) in [5, 5.41) is 4.32. The Balaban J connectivity index is 0.000000108. The van der Waals surface area contributed by atoms with E-state index in [1.807, 2.05) is 61.5 Å². The van der Waals surface area contributed by atoms with Crippen LogP contribution in [0.2, 0.25) is 27.3 Å². The predicted molar refractivity (Wildman–Crippen MR) is 454 cm³/mol. The number of fused-ring (bicyclic) bond motifs is 12. The largest absolute Gasteiger partial charge is 0.447 e. The molecule has 20 heteroatoms. The number of pyridine rings is 8. The zero-order chi connectivity index (χ0) is 76.1. The summed E-state index contributed by atoms with van der Waals surface area (Å²) in [6, 6.07) is 71.6. The van der Waals surface area contributed by atoms with Gasteiger partial charge in [-0.1, -0.05) is 121 Å². The smallest absolute Gasteiger partial charge is 0.447 e. The first kappa shape index (κ1) is 70.6. The van der Waals surface area contributed by atoms with Crippen molar-refractivity contribution in [3.63, 3.8) is 0 Å². The molecule has 0 saturated carbocycles. The zero-order valence-electron chi connectivity index (χ0n) is 64.1. The number of furan rings is 4. The molecule has 12 aromatic heterocycles. The molecule has 0 spiro atoms. The molecule has 20 rings (SSSR count). The molecular weight excluding hydrogens is 1370 g/mol. The van der Waals surface area contributed by atoms with E-state index in [0.29, 0.717) is 22.9 Å². The average molecular weight is 1450 g/mol. The van der Waals surface area contributed by atoms with Crippen LogP contribution in [0.1, 0.15) is 39.7 Å². The van der Waals surface area contributed by atoms with E-state index in [-0.39, 0.29) is 27.4 Å². The maximum atomic E-state index is 6.18. The highest BCUT2D eigenvalue weighted by Gasteiger charge is 2.42. The Morgan fingerprint density at radius 3 is 1.18 bits per heavy atom. The van der Waals surface area contributed by atoms with E-state index in [9.17, 15) is 0 Å². The van der Waals surface area contributed by atoms with Crippen LogP contribution >= 0.6 is 0 Å². The molecule has 0 amide bonds. The van der Waals surface area contributed by atoms with Crippen molar-refractivity contribution < 1.29 is 35.9 Å². The standard InChI is InChI=1S/3C23H21BN3O.C22H19BN3O/c1-16-15-26(3)21(14-19(16)17-8-5-4-6-9-17)27-13-11-20-22(24(27)2)18-10-7-12-25-23(18)28-20;1-16-14-21(26(3)15-19(16)17-8-5-4-6-9-17)27-13-11-20-22(24(27)2)18-10-7-12-25-23(18)28-20;1-16-9-10-20-19-12-14-27(24(2)22(19)28-23(20)25-16)21-15-18(11-13-26(21)3)17-7-5-4-6-8-17;1-23-21-18-9-6-12-24-22(18)27-19(21)11-14-26(23)20-15-17(10-13-25(20)2)16-7-4-3-5-8-16/h3*4-15H,1-3H3;3-15H,1-2H3/q4*+1. The second kappa shape index (κ2) is 29.7. The third-order valence-electron chi connectivity index (χ3n) is 21.8. The molecule has 16 nitrogen and oxygen atoms in total. The Morgan fingerprint density at radius 2 is 0.721 bits per heavy atom. The minimum Gasteiger partial charge on any atom is -0.447 e. The van der Waals surface area contributed by atoms with Crippen LogP contribution in [0.25, 0.3) is 113 Å². The summed E-state index contributed by atoms with van der Waals surface area (Å²) < 4.78 is 32.7. The highest BCUT2D eigenvalue weighted by Crippen LogP contribution is 2.34. The molecule has 538 valence electrons. The molecule has 0 atom stereocenters. The summed E-state index contributed by atoms with van der Waals surface area (Å²) in [7, 11) is 8.35. The van der Waals surface area contributed by atoms with Gasteiger partial charge in [0.2, 0.25) is 22.9 Å². The first-order valence-electron chi connectivity index (χ1n) is 37.7. The molecule has 16 heterocycles. The van der Waals surface area contributed by atoms with Gasteiger partial charge < -0.3 is 17.7 Å². The van der Waals surface area contributed by atoms with Gasteiger partial charge in [-0.05, 0) is 165 Å². The highest BCUT2D eigenvalue weighted by atomic mass is 16.4. The third-order valence-corrected chi connectivity index (χ3v) is 21.8. The Bertz CT molecular complexity index is 6340. The number of anilines is 4. The van der Waals surface area contributed by atoms with Gasteiger partial charge in [-0.15, -0.1) is 0 Å². The van der Waals surface area contributed by atoms with Crippen LogP contribution in [-0.2, 0) is 28.2 Å². The van der Waals surface area contributed by atoms with Crippen LogP contribution in [0.5, 0.6) is 0 Å². The minimum absolute atomic E-state index is 0.0757. The molecule has 0 radical (unpaired) electrons.